The largest absolute Gasteiger partial charge is 0.490 e. The molecule has 0 aliphatic carbocycles. The van der Waals surface area contributed by atoms with Gasteiger partial charge in [0.15, 0.2) is 0 Å². The Labute approximate surface area is 172 Å². The Morgan fingerprint density at radius 2 is 1.69 bits per heavy atom. The van der Waals surface area contributed by atoms with Gasteiger partial charge in [-0.1, -0.05) is 32.0 Å². The monoisotopic (exact) mass is 398 g/mol. The van der Waals surface area contributed by atoms with E-state index in [4.69, 9.17) is 9.47 Å². The molecule has 0 heterocycles. The van der Waals surface area contributed by atoms with Crippen LogP contribution in [0.3, 0.4) is 0 Å². The molecule has 2 aromatic carbocycles. The van der Waals surface area contributed by atoms with Crippen molar-refractivity contribution in [1.29, 1.82) is 0 Å². The summed E-state index contributed by atoms with van der Waals surface area (Å²) in [6.45, 7) is 6.34. The zero-order valence-corrected chi connectivity index (χ0v) is 17.4. The Hall–Kier alpha value is -2.86. The third kappa shape index (κ3) is 6.61. The maximum absolute atomic E-state index is 12.8. The quantitative estimate of drug-likeness (QED) is 0.575. The average Bonchev–Trinajstić information content (AvgIpc) is 2.74. The number of nitrogens with zero attached hydrogens (tertiary/aromatic N) is 1. The predicted octanol–water partition coefficient (Wildman–Crippen LogP) is 4.23. The van der Waals surface area contributed by atoms with E-state index in [9.17, 15) is 9.59 Å². The number of benzene rings is 2. The van der Waals surface area contributed by atoms with Crippen LogP contribution in [0.15, 0.2) is 48.5 Å². The molecule has 0 bridgehead atoms. The Morgan fingerprint density at radius 1 is 0.966 bits per heavy atom. The van der Waals surface area contributed by atoms with Crippen molar-refractivity contribution in [3.63, 3.8) is 0 Å². The van der Waals surface area contributed by atoms with E-state index >= 15 is 0 Å². The maximum atomic E-state index is 12.8. The van der Waals surface area contributed by atoms with E-state index in [0.717, 1.165) is 25.9 Å². The van der Waals surface area contributed by atoms with Crippen LogP contribution in [-0.2, 0) is 4.74 Å². The number of methoxy groups -OCH3 is 1. The number of nitrogens with one attached hydrogen (secondary N) is 1. The van der Waals surface area contributed by atoms with Crippen molar-refractivity contribution >= 4 is 17.5 Å². The minimum Gasteiger partial charge on any atom is -0.490 e. The first kappa shape index (κ1) is 22.4. The second-order valence-corrected chi connectivity index (χ2v) is 6.66. The van der Waals surface area contributed by atoms with E-state index < -0.39 is 0 Å². The topological polar surface area (TPSA) is 67.9 Å². The lowest BCUT2D eigenvalue weighted by Crippen LogP contribution is -2.32. The number of anilines is 1. The minimum atomic E-state index is -0.290. The van der Waals surface area contributed by atoms with Crippen molar-refractivity contribution in [2.24, 2.45) is 0 Å². The number of rotatable bonds is 11. The van der Waals surface area contributed by atoms with Crippen molar-refractivity contribution in [3.8, 4) is 5.75 Å². The second kappa shape index (κ2) is 11.9. The highest BCUT2D eigenvalue weighted by molar-refractivity contribution is 6.06. The van der Waals surface area contributed by atoms with Gasteiger partial charge in [0.25, 0.3) is 11.8 Å². The van der Waals surface area contributed by atoms with Gasteiger partial charge in [0, 0.05) is 31.5 Å². The van der Waals surface area contributed by atoms with Crippen LogP contribution in [-0.4, -0.2) is 50.1 Å². The first-order valence-electron chi connectivity index (χ1n) is 10.0. The van der Waals surface area contributed by atoms with Gasteiger partial charge in [-0.15, -0.1) is 0 Å². The summed E-state index contributed by atoms with van der Waals surface area (Å²) in [4.78, 5) is 27.4. The fourth-order valence-corrected chi connectivity index (χ4v) is 2.98. The molecule has 0 fully saturated rings. The molecule has 0 spiro atoms. The van der Waals surface area contributed by atoms with Gasteiger partial charge in [-0.25, -0.2) is 0 Å². The standard InChI is InChI=1S/C23H30N2O4/c1-4-13-25(14-5-2)23(27)18-9-8-10-19(17-18)24-22(26)20-11-6-7-12-21(20)29-16-15-28-3/h6-12,17H,4-5,13-16H2,1-3H3,(H,24,26). The molecule has 2 amide bonds. The fourth-order valence-electron chi connectivity index (χ4n) is 2.98. The van der Waals surface area contributed by atoms with E-state index in [-0.39, 0.29) is 11.8 Å². The minimum absolute atomic E-state index is 0.0203. The first-order chi connectivity index (χ1) is 14.1. The van der Waals surface area contributed by atoms with Crippen LogP contribution in [0.5, 0.6) is 5.75 Å². The first-order valence-corrected chi connectivity index (χ1v) is 10.0. The summed E-state index contributed by atoms with van der Waals surface area (Å²) in [7, 11) is 1.60. The molecule has 2 aromatic rings. The molecule has 6 heteroatoms. The van der Waals surface area contributed by atoms with E-state index in [2.05, 4.69) is 19.2 Å². The van der Waals surface area contributed by atoms with E-state index in [1.165, 1.54) is 0 Å². The smallest absolute Gasteiger partial charge is 0.259 e. The molecular weight excluding hydrogens is 368 g/mol. The van der Waals surface area contributed by atoms with Crippen LogP contribution >= 0.6 is 0 Å². The highest BCUT2D eigenvalue weighted by atomic mass is 16.5. The lowest BCUT2D eigenvalue weighted by molar-refractivity contribution is 0.0755. The summed E-state index contributed by atoms with van der Waals surface area (Å²) in [6.07, 6.45) is 1.81. The Morgan fingerprint density at radius 3 is 2.38 bits per heavy atom. The van der Waals surface area contributed by atoms with Crippen LogP contribution in [0.2, 0.25) is 0 Å². The van der Waals surface area contributed by atoms with E-state index in [1.54, 1.807) is 49.6 Å². The lowest BCUT2D eigenvalue weighted by atomic mass is 10.1. The van der Waals surface area contributed by atoms with Gasteiger partial charge in [0.1, 0.15) is 12.4 Å². The molecule has 6 nitrogen and oxygen atoms in total. The van der Waals surface area contributed by atoms with Crippen LogP contribution < -0.4 is 10.1 Å². The van der Waals surface area contributed by atoms with Gasteiger partial charge in [-0.05, 0) is 43.2 Å². The van der Waals surface area contributed by atoms with Crippen molar-refractivity contribution in [2.45, 2.75) is 26.7 Å². The van der Waals surface area contributed by atoms with Crippen molar-refractivity contribution < 1.29 is 19.1 Å². The Balaban J connectivity index is 2.14. The number of carbonyl (C=O) groups excluding carboxylic acids is 2. The number of hydrogen-bond donors (Lipinski definition) is 1. The molecule has 0 atom stereocenters. The molecule has 29 heavy (non-hydrogen) atoms. The molecule has 0 aromatic heterocycles. The van der Waals surface area contributed by atoms with E-state index in [0.29, 0.717) is 35.8 Å². The molecule has 0 saturated carbocycles. The van der Waals surface area contributed by atoms with Gasteiger partial charge in [0.05, 0.1) is 12.2 Å². The van der Waals surface area contributed by atoms with Crippen molar-refractivity contribution in [3.05, 3.63) is 59.7 Å². The van der Waals surface area contributed by atoms with Crippen molar-refractivity contribution in [2.75, 3.05) is 38.7 Å². The average molecular weight is 399 g/mol. The zero-order valence-electron chi connectivity index (χ0n) is 17.4. The third-order valence-corrected chi connectivity index (χ3v) is 4.32. The third-order valence-electron chi connectivity index (χ3n) is 4.32. The van der Waals surface area contributed by atoms with Crippen LogP contribution in [0.1, 0.15) is 47.4 Å². The number of carbonyl (C=O) groups is 2. The second-order valence-electron chi connectivity index (χ2n) is 6.66. The highest BCUT2D eigenvalue weighted by Crippen LogP contribution is 2.21. The summed E-state index contributed by atoms with van der Waals surface area (Å²) < 4.78 is 10.6. The molecule has 1 N–H and O–H groups in total. The zero-order chi connectivity index (χ0) is 21.1. The molecule has 2 rings (SSSR count). The summed E-state index contributed by atoms with van der Waals surface area (Å²) in [5.41, 5.74) is 1.56. The predicted molar refractivity (Wildman–Crippen MR) is 115 cm³/mol. The normalized spacial score (nSPS) is 10.4. The molecule has 0 aliphatic heterocycles. The number of para-hydroxylation sites is 1. The molecule has 156 valence electrons. The fraction of sp³-hybridized carbons (Fsp3) is 0.391. The van der Waals surface area contributed by atoms with Crippen LogP contribution in [0.4, 0.5) is 5.69 Å². The highest BCUT2D eigenvalue weighted by Gasteiger charge is 2.16. The number of ether oxygens (including phenoxy) is 2. The van der Waals surface area contributed by atoms with E-state index in [1.807, 2.05) is 11.0 Å². The van der Waals surface area contributed by atoms with Gasteiger partial charge < -0.3 is 19.7 Å². The van der Waals surface area contributed by atoms with Crippen LogP contribution in [0, 0.1) is 0 Å². The van der Waals surface area contributed by atoms with Gasteiger partial charge in [-0.2, -0.15) is 0 Å². The molecule has 0 radical (unpaired) electrons. The Kier molecular flexibility index (Phi) is 9.18. The molecule has 0 unspecified atom stereocenters. The SMILES string of the molecule is CCCN(CCC)C(=O)c1cccc(NC(=O)c2ccccc2OCCOC)c1. The lowest BCUT2D eigenvalue weighted by Gasteiger charge is -2.21. The maximum Gasteiger partial charge on any atom is 0.259 e. The summed E-state index contributed by atoms with van der Waals surface area (Å²) in [5.74, 6) is 0.182. The van der Waals surface area contributed by atoms with Gasteiger partial charge >= 0.3 is 0 Å². The molecule has 0 saturated heterocycles. The van der Waals surface area contributed by atoms with Gasteiger partial charge in [-0.3, -0.25) is 9.59 Å². The number of hydrogen-bond acceptors (Lipinski definition) is 4. The summed E-state index contributed by atoms with van der Waals surface area (Å²) >= 11 is 0. The molecule has 0 aliphatic rings. The number of amides is 2. The van der Waals surface area contributed by atoms with Gasteiger partial charge in [0.2, 0.25) is 0 Å². The van der Waals surface area contributed by atoms with Crippen LogP contribution in [0.25, 0.3) is 0 Å². The summed E-state index contributed by atoms with van der Waals surface area (Å²) in [5, 5.41) is 2.87. The van der Waals surface area contributed by atoms with Crippen molar-refractivity contribution in [1.82, 2.24) is 4.90 Å². The molecular formula is C23H30N2O4. The Bertz CT molecular complexity index is 801. The summed E-state index contributed by atoms with van der Waals surface area (Å²) in [6, 6.07) is 14.1.